The molecule has 4 nitrogen and oxygen atoms in total. The van der Waals surface area contributed by atoms with Gasteiger partial charge in [-0.15, -0.1) is 0 Å². The highest BCUT2D eigenvalue weighted by atomic mass is 35.5. The minimum absolute atomic E-state index is 0.322. The van der Waals surface area contributed by atoms with Gasteiger partial charge in [-0.05, 0) is 37.1 Å². The Labute approximate surface area is 128 Å². The first-order valence-electron chi connectivity index (χ1n) is 6.98. The summed E-state index contributed by atoms with van der Waals surface area (Å²) in [7, 11) is 0. The van der Waals surface area contributed by atoms with E-state index in [1.807, 2.05) is 0 Å². The summed E-state index contributed by atoms with van der Waals surface area (Å²) in [6.07, 6.45) is 5.25. The molecule has 1 aromatic heterocycles. The zero-order valence-corrected chi connectivity index (χ0v) is 12.2. The van der Waals surface area contributed by atoms with E-state index in [9.17, 15) is 4.79 Å². The Kier molecular flexibility index (Phi) is 3.76. The fourth-order valence-electron chi connectivity index (χ4n) is 2.88. The van der Waals surface area contributed by atoms with Crippen molar-refractivity contribution in [3.8, 4) is 11.8 Å². The van der Waals surface area contributed by atoms with Gasteiger partial charge in [-0.2, -0.15) is 10.4 Å². The molecule has 0 radical (unpaired) electrons. The van der Waals surface area contributed by atoms with Crippen LogP contribution in [-0.2, 0) is 0 Å². The Morgan fingerprint density at radius 1 is 1.29 bits per heavy atom. The second kappa shape index (κ2) is 5.71. The summed E-state index contributed by atoms with van der Waals surface area (Å²) in [6.45, 7) is 0. The quantitative estimate of drug-likeness (QED) is 0.808. The lowest BCUT2D eigenvalue weighted by atomic mass is 10.0. The summed E-state index contributed by atoms with van der Waals surface area (Å²) in [5.41, 5.74) is 2.63. The van der Waals surface area contributed by atoms with Gasteiger partial charge >= 0.3 is 0 Å². The van der Waals surface area contributed by atoms with Crippen LogP contribution in [0.4, 0.5) is 0 Å². The third-order valence-corrected chi connectivity index (χ3v) is 4.36. The van der Waals surface area contributed by atoms with E-state index in [1.54, 1.807) is 28.9 Å². The van der Waals surface area contributed by atoms with Gasteiger partial charge in [0.15, 0.2) is 6.29 Å². The van der Waals surface area contributed by atoms with Crippen LogP contribution >= 0.6 is 11.6 Å². The summed E-state index contributed by atoms with van der Waals surface area (Å²) in [6, 6.07) is 9.06. The molecule has 1 aliphatic rings. The zero-order valence-electron chi connectivity index (χ0n) is 11.4. The molecule has 5 heteroatoms. The van der Waals surface area contributed by atoms with Crippen LogP contribution in [0.1, 0.15) is 53.2 Å². The number of carbonyl (C=O) groups is 1. The number of nitrogens with zero attached hydrogens (tertiary/aromatic N) is 3. The molecule has 1 aromatic carbocycles. The van der Waals surface area contributed by atoms with Crippen LogP contribution in [0.25, 0.3) is 5.69 Å². The molecule has 0 unspecified atom stereocenters. The fourth-order valence-corrected chi connectivity index (χ4v) is 3.16. The molecule has 0 amide bonds. The molecule has 1 heterocycles. The van der Waals surface area contributed by atoms with Crippen LogP contribution in [0.5, 0.6) is 0 Å². The van der Waals surface area contributed by atoms with E-state index < -0.39 is 0 Å². The topological polar surface area (TPSA) is 58.7 Å². The molecular weight excluding hydrogens is 286 g/mol. The first-order chi connectivity index (χ1) is 10.2. The fraction of sp³-hybridized carbons (Fsp3) is 0.312. The normalized spacial score (nSPS) is 15.0. The monoisotopic (exact) mass is 299 g/mol. The smallest absolute Gasteiger partial charge is 0.155 e. The molecule has 0 saturated heterocycles. The van der Waals surface area contributed by atoms with Crippen LogP contribution in [-0.4, -0.2) is 16.1 Å². The van der Waals surface area contributed by atoms with E-state index in [4.69, 9.17) is 16.9 Å². The number of aromatic nitrogens is 2. The van der Waals surface area contributed by atoms with Crippen LogP contribution in [0, 0.1) is 11.3 Å². The lowest BCUT2D eigenvalue weighted by Gasteiger charge is -2.05. The summed E-state index contributed by atoms with van der Waals surface area (Å²) in [5.74, 6) is 0.322. The number of benzene rings is 1. The molecule has 1 saturated carbocycles. The van der Waals surface area contributed by atoms with Crippen molar-refractivity contribution < 1.29 is 4.79 Å². The number of halogens is 1. The molecule has 0 atom stereocenters. The molecule has 0 aliphatic heterocycles. The van der Waals surface area contributed by atoms with Gasteiger partial charge < -0.3 is 0 Å². The Hall–Kier alpha value is -2.12. The summed E-state index contributed by atoms with van der Waals surface area (Å²) in [4.78, 5) is 11.4. The molecule has 0 N–H and O–H groups in total. The highest BCUT2D eigenvalue weighted by Crippen LogP contribution is 2.37. The Morgan fingerprint density at radius 2 is 1.95 bits per heavy atom. The van der Waals surface area contributed by atoms with Gasteiger partial charge in [-0.25, -0.2) is 4.68 Å². The second-order valence-electron chi connectivity index (χ2n) is 5.26. The van der Waals surface area contributed by atoms with Gasteiger partial charge in [0.1, 0.15) is 5.15 Å². The van der Waals surface area contributed by atoms with E-state index >= 15 is 0 Å². The van der Waals surface area contributed by atoms with E-state index in [0.717, 1.165) is 30.5 Å². The average Bonchev–Trinajstić information content (AvgIpc) is 3.15. The maximum absolute atomic E-state index is 11.4. The van der Waals surface area contributed by atoms with Gasteiger partial charge in [-0.1, -0.05) is 24.4 Å². The molecular formula is C16H14ClN3O. The molecule has 21 heavy (non-hydrogen) atoms. The van der Waals surface area contributed by atoms with Crippen molar-refractivity contribution in [1.29, 1.82) is 5.26 Å². The van der Waals surface area contributed by atoms with Gasteiger partial charge in [0, 0.05) is 5.92 Å². The van der Waals surface area contributed by atoms with Gasteiger partial charge in [0.2, 0.25) is 0 Å². The number of hydrogen-bond acceptors (Lipinski definition) is 3. The lowest BCUT2D eigenvalue weighted by Crippen LogP contribution is -2.00. The standard InChI is InChI=1S/C16H14ClN3O/c17-16-14(10-21)15(12-3-1-2-4-12)19-20(16)13-7-5-11(9-18)6-8-13/h5-8,10,12H,1-4H2. The van der Waals surface area contributed by atoms with Gasteiger partial charge in [0.25, 0.3) is 0 Å². The number of rotatable bonds is 3. The summed E-state index contributed by atoms with van der Waals surface area (Å²) in [5, 5.41) is 13.7. The van der Waals surface area contributed by atoms with Crippen molar-refractivity contribution in [2.75, 3.05) is 0 Å². The predicted molar refractivity (Wildman–Crippen MR) is 79.9 cm³/mol. The molecule has 1 fully saturated rings. The molecule has 0 spiro atoms. The average molecular weight is 300 g/mol. The van der Waals surface area contributed by atoms with Crippen LogP contribution < -0.4 is 0 Å². The minimum atomic E-state index is 0.322. The maximum Gasteiger partial charge on any atom is 0.155 e. The van der Waals surface area contributed by atoms with Crippen LogP contribution in [0.3, 0.4) is 0 Å². The van der Waals surface area contributed by atoms with Crippen molar-refractivity contribution in [3.05, 3.63) is 46.2 Å². The van der Waals surface area contributed by atoms with Crippen LogP contribution in [0.2, 0.25) is 5.15 Å². The maximum atomic E-state index is 11.4. The summed E-state index contributed by atoms with van der Waals surface area (Å²) >= 11 is 6.32. The molecule has 106 valence electrons. The lowest BCUT2D eigenvalue weighted by molar-refractivity contribution is 0.112. The first kappa shape index (κ1) is 13.8. The Morgan fingerprint density at radius 3 is 2.52 bits per heavy atom. The second-order valence-corrected chi connectivity index (χ2v) is 5.62. The largest absolute Gasteiger partial charge is 0.298 e. The van der Waals surface area contributed by atoms with Gasteiger partial charge in [-0.3, -0.25) is 4.79 Å². The first-order valence-corrected chi connectivity index (χ1v) is 7.36. The Bertz CT molecular complexity index is 706. The zero-order chi connectivity index (χ0) is 14.8. The number of nitriles is 1. The number of hydrogen-bond donors (Lipinski definition) is 0. The van der Waals surface area contributed by atoms with Crippen molar-refractivity contribution >= 4 is 17.9 Å². The van der Waals surface area contributed by atoms with Crippen LogP contribution in [0.15, 0.2) is 24.3 Å². The van der Waals surface area contributed by atoms with E-state index in [0.29, 0.717) is 22.2 Å². The third kappa shape index (κ3) is 2.45. The van der Waals surface area contributed by atoms with Gasteiger partial charge in [0.05, 0.1) is 28.6 Å². The van der Waals surface area contributed by atoms with Crippen molar-refractivity contribution in [2.45, 2.75) is 31.6 Å². The SMILES string of the molecule is N#Cc1ccc(-n2nc(C3CCCC3)c(C=O)c2Cl)cc1. The van der Waals surface area contributed by atoms with Crippen molar-refractivity contribution in [3.63, 3.8) is 0 Å². The highest BCUT2D eigenvalue weighted by molar-refractivity contribution is 6.32. The molecule has 3 rings (SSSR count). The predicted octanol–water partition coefficient (Wildman–Crippen LogP) is 3.87. The van der Waals surface area contributed by atoms with E-state index in [-0.39, 0.29) is 0 Å². The highest BCUT2D eigenvalue weighted by Gasteiger charge is 2.26. The molecule has 2 aromatic rings. The van der Waals surface area contributed by atoms with Crippen molar-refractivity contribution in [1.82, 2.24) is 9.78 Å². The summed E-state index contributed by atoms with van der Waals surface area (Å²) < 4.78 is 1.58. The third-order valence-electron chi connectivity index (χ3n) is 3.99. The minimum Gasteiger partial charge on any atom is -0.298 e. The number of aldehydes is 1. The van der Waals surface area contributed by atoms with E-state index in [2.05, 4.69) is 11.2 Å². The van der Waals surface area contributed by atoms with E-state index in [1.165, 1.54) is 12.8 Å². The Balaban J connectivity index is 2.06. The molecule has 1 aliphatic carbocycles. The molecule has 0 bridgehead atoms. The van der Waals surface area contributed by atoms with Crippen molar-refractivity contribution in [2.24, 2.45) is 0 Å². The number of carbonyl (C=O) groups excluding carboxylic acids is 1.